The first-order valence-electron chi connectivity index (χ1n) is 7.08. The van der Waals surface area contributed by atoms with Crippen LogP contribution in [0.2, 0.25) is 0 Å². The number of esters is 1. The highest BCUT2D eigenvalue weighted by atomic mass is 32.1. The van der Waals surface area contributed by atoms with Crippen molar-refractivity contribution in [3.05, 3.63) is 45.9 Å². The number of aromatic nitrogens is 1. The van der Waals surface area contributed by atoms with Crippen molar-refractivity contribution in [3.8, 4) is 0 Å². The van der Waals surface area contributed by atoms with Crippen LogP contribution in [0.25, 0.3) is 0 Å². The van der Waals surface area contributed by atoms with Crippen LogP contribution in [0.15, 0.2) is 29.8 Å². The number of hydrogen-bond donors (Lipinski definition) is 1. The molecule has 1 atom stereocenters. The molecule has 0 radical (unpaired) electrons. The van der Waals surface area contributed by atoms with Crippen LogP contribution in [-0.2, 0) is 22.4 Å². The molecule has 5 nitrogen and oxygen atoms in total. The molecule has 1 N–H and O–H groups in total. The minimum absolute atomic E-state index is 0.0598. The van der Waals surface area contributed by atoms with E-state index in [-0.39, 0.29) is 11.8 Å². The summed E-state index contributed by atoms with van der Waals surface area (Å²) in [6, 6.07) is 6.88. The van der Waals surface area contributed by atoms with Crippen molar-refractivity contribution in [1.29, 1.82) is 0 Å². The van der Waals surface area contributed by atoms with Crippen LogP contribution < -0.4 is 5.32 Å². The van der Waals surface area contributed by atoms with Crippen LogP contribution in [0.1, 0.15) is 27.3 Å². The summed E-state index contributed by atoms with van der Waals surface area (Å²) in [5, 5.41) is 2.86. The third-order valence-electron chi connectivity index (χ3n) is 3.85. The fourth-order valence-electron chi connectivity index (χ4n) is 2.64. The number of para-hydroxylation sites is 1. The van der Waals surface area contributed by atoms with E-state index in [1.54, 1.807) is 35.6 Å². The van der Waals surface area contributed by atoms with Crippen LogP contribution in [0.5, 0.6) is 0 Å². The summed E-state index contributed by atoms with van der Waals surface area (Å²) in [7, 11) is 1.33. The molecule has 114 valence electrons. The lowest BCUT2D eigenvalue weighted by Crippen LogP contribution is -2.28. The topological polar surface area (TPSA) is 68.3 Å². The van der Waals surface area contributed by atoms with Crippen molar-refractivity contribution in [2.45, 2.75) is 19.3 Å². The van der Waals surface area contributed by atoms with Crippen molar-refractivity contribution < 1.29 is 14.3 Å². The average Bonchev–Trinajstić information content (AvgIpc) is 3.02. The first kappa shape index (κ1) is 14.7. The number of benzene rings is 1. The van der Waals surface area contributed by atoms with Crippen molar-refractivity contribution in [2.75, 3.05) is 12.4 Å². The molecule has 22 heavy (non-hydrogen) atoms. The smallest absolute Gasteiger partial charge is 0.339 e. The van der Waals surface area contributed by atoms with Crippen LogP contribution in [-0.4, -0.2) is 24.0 Å². The fourth-order valence-corrected chi connectivity index (χ4v) is 3.53. The van der Waals surface area contributed by atoms with Gasteiger partial charge in [-0.25, -0.2) is 9.78 Å². The molecule has 0 saturated heterocycles. The molecule has 6 heteroatoms. The van der Waals surface area contributed by atoms with E-state index >= 15 is 0 Å². The maximum Gasteiger partial charge on any atom is 0.339 e. The normalized spacial score (nSPS) is 16.7. The number of thiazole rings is 1. The minimum Gasteiger partial charge on any atom is -0.465 e. The standard InChI is InChI=1S/C16H16N2O3S/c1-21-16(20)11-4-2-3-5-12(11)18-15(19)10-6-7-13-14(8-10)22-9-17-13/h2-5,9-10H,6-8H2,1H3,(H,18,19). The first-order chi connectivity index (χ1) is 10.7. The first-order valence-corrected chi connectivity index (χ1v) is 7.96. The number of methoxy groups -OCH3 is 1. The zero-order chi connectivity index (χ0) is 15.5. The molecule has 1 unspecified atom stereocenters. The number of aryl methyl sites for hydroxylation is 1. The van der Waals surface area contributed by atoms with Crippen molar-refractivity contribution >= 4 is 28.9 Å². The molecule has 0 fully saturated rings. The number of rotatable bonds is 3. The quantitative estimate of drug-likeness (QED) is 0.884. The number of carbonyl (C=O) groups excluding carboxylic acids is 2. The fraction of sp³-hybridized carbons (Fsp3) is 0.312. The van der Waals surface area contributed by atoms with Gasteiger partial charge in [-0.1, -0.05) is 12.1 Å². The third kappa shape index (κ3) is 2.87. The summed E-state index contributed by atoms with van der Waals surface area (Å²) >= 11 is 1.60. The number of carbonyl (C=O) groups is 2. The number of nitrogens with zero attached hydrogens (tertiary/aromatic N) is 1. The number of anilines is 1. The molecule has 2 aromatic rings. The maximum atomic E-state index is 12.5. The highest BCUT2D eigenvalue weighted by Gasteiger charge is 2.27. The summed E-state index contributed by atoms with van der Waals surface area (Å²) in [6.07, 6.45) is 2.32. The highest BCUT2D eigenvalue weighted by molar-refractivity contribution is 7.09. The molecule has 1 aliphatic rings. The largest absolute Gasteiger partial charge is 0.465 e. The van der Waals surface area contributed by atoms with Crippen LogP contribution in [0.4, 0.5) is 5.69 Å². The number of ether oxygens (including phenoxy) is 1. The van der Waals surface area contributed by atoms with Gasteiger partial charge in [0.05, 0.1) is 29.6 Å². The summed E-state index contributed by atoms with van der Waals surface area (Å²) in [5.41, 5.74) is 3.81. The Bertz CT molecular complexity index is 711. The van der Waals surface area contributed by atoms with Crippen molar-refractivity contribution in [3.63, 3.8) is 0 Å². The van der Waals surface area contributed by atoms with Gasteiger partial charge in [0.2, 0.25) is 5.91 Å². The molecule has 0 bridgehead atoms. The predicted molar refractivity (Wildman–Crippen MR) is 84.0 cm³/mol. The van der Waals surface area contributed by atoms with E-state index in [1.807, 2.05) is 5.51 Å². The Morgan fingerprint density at radius 2 is 2.18 bits per heavy atom. The molecule has 0 saturated carbocycles. The van der Waals surface area contributed by atoms with Gasteiger partial charge in [-0.15, -0.1) is 11.3 Å². The molecule has 0 spiro atoms. The zero-order valence-electron chi connectivity index (χ0n) is 12.2. The predicted octanol–water partition coefficient (Wildman–Crippen LogP) is 2.67. The molecule has 1 amide bonds. The maximum absolute atomic E-state index is 12.5. The van der Waals surface area contributed by atoms with Crippen molar-refractivity contribution in [1.82, 2.24) is 4.98 Å². The molecule has 3 rings (SSSR count). The van der Waals surface area contributed by atoms with E-state index in [1.165, 1.54) is 12.0 Å². The van der Waals surface area contributed by atoms with Crippen LogP contribution >= 0.6 is 11.3 Å². The lowest BCUT2D eigenvalue weighted by Gasteiger charge is -2.21. The Hall–Kier alpha value is -2.21. The van der Waals surface area contributed by atoms with Crippen LogP contribution in [0, 0.1) is 5.92 Å². The molecule has 1 aromatic carbocycles. The van der Waals surface area contributed by atoms with Crippen molar-refractivity contribution in [2.24, 2.45) is 5.92 Å². The second kappa shape index (κ2) is 6.27. The van der Waals surface area contributed by atoms with E-state index < -0.39 is 5.97 Å². The molecule has 1 aromatic heterocycles. The van der Waals surface area contributed by atoms with Gasteiger partial charge >= 0.3 is 5.97 Å². The molecular weight excluding hydrogens is 300 g/mol. The SMILES string of the molecule is COC(=O)c1ccccc1NC(=O)C1CCc2ncsc2C1. The van der Waals surface area contributed by atoms with Gasteiger partial charge in [0.25, 0.3) is 0 Å². The third-order valence-corrected chi connectivity index (χ3v) is 4.75. The van der Waals surface area contributed by atoms with E-state index in [0.29, 0.717) is 17.7 Å². The van der Waals surface area contributed by atoms with Gasteiger partial charge in [-0.3, -0.25) is 4.79 Å². The molecule has 1 heterocycles. The lowest BCUT2D eigenvalue weighted by molar-refractivity contribution is -0.120. The Morgan fingerprint density at radius 1 is 1.36 bits per heavy atom. The highest BCUT2D eigenvalue weighted by Crippen LogP contribution is 2.29. The van der Waals surface area contributed by atoms with E-state index in [2.05, 4.69) is 10.3 Å². The molecule has 0 aliphatic heterocycles. The molecular formula is C16H16N2O3S. The van der Waals surface area contributed by atoms with Gasteiger partial charge in [0.15, 0.2) is 0 Å². The summed E-state index contributed by atoms with van der Waals surface area (Å²) < 4.78 is 4.74. The second-order valence-electron chi connectivity index (χ2n) is 5.19. The number of hydrogen-bond acceptors (Lipinski definition) is 5. The summed E-state index contributed by atoms with van der Waals surface area (Å²) in [4.78, 5) is 29.7. The summed E-state index contributed by atoms with van der Waals surface area (Å²) in [5.74, 6) is -0.599. The summed E-state index contributed by atoms with van der Waals surface area (Å²) in [6.45, 7) is 0. The van der Waals surface area contributed by atoms with Gasteiger partial charge in [0, 0.05) is 10.8 Å². The van der Waals surface area contributed by atoms with E-state index in [4.69, 9.17) is 4.74 Å². The van der Waals surface area contributed by atoms with E-state index in [9.17, 15) is 9.59 Å². The average molecular weight is 316 g/mol. The number of amides is 1. The van der Waals surface area contributed by atoms with Gasteiger partial charge in [-0.2, -0.15) is 0 Å². The zero-order valence-corrected chi connectivity index (χ0v) is 13.0. The number of nitrogens with one attached hydrogen (secondary N) is 1. The Morgan fingerprint density at radius 3 is 3.00 bits per heavy atom. The van der Waals surface area contributed by atoms with E-state index in [0.717, 1.165) is 18.5 Å². The van der Waals surface area contributed by atoms with Gasteiger partial charge in [0.1, 0.15) is 0 Å². The Labute approximate surface area is 132 Å². The lowest BCUT2D eigenvalue weighted by atomic mass is 9.90. The van der Waals surface area contributed by atoms with Gasteiger partial charge < -0.3 is 10.1 Å². The van der Waals surface area contributed by atoms with Crippen LogP contribution in [0.3, 0.4) is 0 Å². The second-order valence-corrected chi connectivity index (χ2v) is 6.13. The number of fused-ring (bicyclic) bond motifs is 1. The monoisotopic (exact) mass is 316 g/mol. The Balaban J connectivity index is 1.74. The minimum atomic E-state index is -0.454. The Kier molecular flexibility index (Phi) is 4.20. The molecule has 1 aliphatic carbocycles. The van der Waals surface area contributed by atoms with Gasteiger partial charge in [-0.05, 0) is 31.4 Å².